The highest BCUT2D eigenvalue weighted by Crippen LogP contribution is 2.21. The summed E-state index contributed by atoms with van der Waals surface area (Å²) in [4.78, 5) is 19.3. The summed E-state index contributed by atoms with van der Waals surface area (Å²) in [5.41, 5.74) is 1.60. The van der Waals surface area contributed by atoms with Crippen molar-refractivity contribution in [1.29, 1.82) is 0 Å². The molecule has 1 N–H and O–H groups in total. The van der Waals surface area contributed by atoms with Gasteiger partial charge in [-0.05, 0) is 47.6 Å². The van der Waals surface area contributed by atoms with Gasteiger partial charge in [0.25, 0.3) is 5.56 Å². The molecule has 0 aliphatic carbocycles. The van der Waals surface area contributed by atoms with Gasteiger partial charge in [-0.15, -0.1) is 0 Å². The Kier molecular flexibility index (Phi) is 5.17. The Balaban J connectivity index is 2.41. The van der Waals surface area contributed by atoms with E-state index < -0.39 is 0 Å². The van der Waals surface area contributed by atoms with Crippen LogP contribution in [0, 0.1) is 3.57 Å². The molecule has 0 bridgehead atoms. The Morgan fingerprint density at radius 2 is 2.15 bits per heavy atom. The van der Waals surface area contributed by atoms with Gasteiger partial charge in [-0.25, -0.2) is 4.98 Å². The molecule has 0 aliphatic rings. The molecule has 0 atom stereocenters. The number of nitrogens with zero attached hydrogens (tertiary/aromatic N) is 1. The minimum atomic E-state index is -0.0904. The molecular weight excluding hydrogens is 367 g/mol. The lowest BCUT2D eigenvalue weighted by atomic mass is 10.2. The van der Waals surface area contributed by atoms with Crippen LogP contribution in [0.15, 0.2) is 29.1 Å². The van der Waals surface area contributed by atoms with Crippen LogP contribution in [0.2, 0.25) is 0 Å². The Bertz CT molecular complexity index is 653. The molecule has 2 rings (SSSR count). The fraction of sp³-hybridized carbons (Fsp3) is 0.333. The van der Waals surface area contributed by atoms with Crippen molar-refractivity contribution in [2.45, 2.75) is 26.7 Å². The van der Waals surface area contributed by atoms with Crippen LogP contribution in [0.25, 0.3) is 11.4 Å². The van der Waals surface area contributed by atoms with Crippen LogP contribution in [-0.2, 0) is 6.42 Å². The summed E-state index contributed by atoms with van der Waals surface area (Å²) < 4.78 is 6.27. The predicted molar refractivity (Wildman–Crippen MR) is 88.2 cm³/mol. The van der Waals surface area contributed by atoms with E-state index in [1.165, 1.54) is 0 Å². The summed E-state index contributed by atoms with van der Waals surface area (Å²) in [6.45, 7) is 4.74. The smallest absolute Gasteiger partial charge is 0.264 e. The molecule has 4 nitrogen and oxygen atoms in total. The first-order valence-corrected chi connectivity index (χ1v) is 7.75. The first-order valence-electron chi connectivity index (χ1n) is 6.67. The predicted octanol–water partition coefficient (Wildman–Crippen LogP) is 3.39. The van der Waals surface area contributed by atoms with Gasteiger partial charge in [0.2, 0.25) is 0 Å². The minimum Gasteiger partial charge on any atom is -0.494 e. The molecule has 0 fully saturated rings. The second kappa shape index (κ2) is 6.88. The average Bonchev–Trinajstić information content (AvgIpc) is 2.48. The normalized spacial score (nSPS) is 10.6. The van der Waals surface area contributed by atoms with Gasteiger partial charge in [-0.1, -0.05) is 26.0 Å². The maximum absolute atomic E-state index is 11.9. The minimum absolute atomic E-state index is 0.0904. The Labute approximate surface area is 131 Å². The van der Waals surface area contributed by atoms with Crippen molar-refractivity contribution < 1.29 is 4.74 Å². The number of rotatable bonds is 5. The molecule has 0 amide bonds. The van der Waals surface area contributed by atoms with Gasteiger partial charge in [-0.3, -0.25) is 4.79 Å². The molecule has 0 saturated carbocycles. The molecule has 5 heteroatoms. The summed E-state index contributed by atoms with van der Waals surface area (Å²) in [7, 11) is 0. The molecule has 0 saturated heterocycles. The van der Waals surface area contributed by atoms with Gasteiger partial charge < -0.3 is 9.72 Å². The number of benzene rings is 1. The largest absolute Gasteiger partial charge is 0.494 e. The van der Waals surface area contributed by atoms with Crippen LogP contribution >= 0.6 is 22.6 Å². The van der Waals surface area contributed by atoms with Gasteiger partial charge in [0, 0.05) is 5.56 Å². The maximum atomic E-state index is 11.9. The van der Waals surface area contributed by atoms with Crippen molar-refractivity contribution in [3.05, 3.63) is 43.9 Å². The standard InChI is InChI=1S/C15H17IN2O2/c1-3-8-20-11-7-5-6-10(9-11)14-17-12(4-2)13(16)15(19)18-14/h5-7,9H,3-4,8H2,1-2H3,(H,17,18,19). The number of hydrogen-bond acceptors (Lipinski definition) is 3. The second-order valence-electron chi connectivity index (χ2n) is 4.41. The lowest BCUT2D eigenvalue weighted by Crippen LogP contribution is -2.16. The lowest BCUT2D eigenvalue weighted by molar-refractivity contribution is 0.317. The summed E-state index contributed by atoms with van der Waals surface area (Å²) in [6.07, 6.45) is 1.70. The average molecular weight is 384 g/mol. The van der Waals surface area contributed by atoms with Crippen molar-refractivity contribution in [3.63, 3.8) is 0 Å². The highest BCUT2D eigenvalue weighted by molar-refractivity contribution is 14.1. The number of H-pyrrole nitrogens is 1. The highest BCUT2D eigenvalue weighted by Gasteiger charge is 2.09. The summed E-state index contributed by atoms with van der Waals surface area (Å²) in [6, 6.07) is 7.64. The quantitative estimate of drug-likeness (QED) is 0.805. The first kappa shape index (κ1) is 15.0. The van der Waals surface area contributed by atoms with E-state index in [9.17, 15) is 4.79 Å². The van der Waals surface area contributed by atoms with Crippen LogP contribution in [0.3, 0.4) is 0 Å². The molecule has 0 spiro atoms. The van der Waals surface area contributed by atoms with E-state index in [4.69, 9.17) is 4.74 Å². The van der Waals surface area contributed by atoms with Crippen molar-refractivity contribution in [1.82, 2.24) is 9.97 Å². The summed E-state index contributed by atoms with van der Waals surface area (Å²) >= 11 is 2.04. The van der Waals surface area contributed by atoms with Crippen molar-refractivity contribution in [3.8, 4) is 17.1 Å². The van der Waals surface area contributed by atoms with Gasteiger partial charge >= 0.3 is 0 Å². The molecule has 1 aromatic heterocycles. The van der Waals surface area contributed by atoms with Gasteiger partial charge in [0.1, 0.15) is 11.6 Å². The topological polar surface area (TPSA) is 55.0 Å². The highest BCUT2D eigenvalue weighted by atomic mass is 127. The third-order valence-corrected chi connectivity index (χ3v) is 3.96. The molecule has 20 heavy (non-hydrogen) atoms. The van der Waals surface area contributed by atoms with E-state index in [0.29, 0.717) is 16.0 Å². The number of ether oxygens (including phenoxy) is 1. The van der Waals surface area contributed by atoms with Crippen LogP contribution in [0.5, 0.6) is 5.75 Å². The Morgan fingerprint density at radius 1 is 1.35 bits per heavy atom. The zero-order chi connectivity index (χ0) is 14.5. The SMILES string of the molecule is CCCOc1cccc(-c2nc(CC)c(I)c(=O)[nH]2)c1. The molecule has 106 valence electrons. The van der Waals surface area contributed by atoms with Gasteiger partial charge in [0.15, 0.2) is 0 Å². The molecule has 1 heterocycles. The Morgan fingerprint density at radius 3 is 2.85 bits per heavy atom. The maximum Gasteiger partial charge on any atom is 0.264 e. The molecular formula is C15H17IN2O2. The molecule has 0 aliphatic heterocycles. The Hall–Kier alpha value is -1.37. The number of halogens is 1. The number of aryl methyl sites for hydroxylation is 1. The zero-order valence-corrected chi connectivity index (χ0v) is 13.7. The van der Waals surface area contributed by atoms with E-state index in [-0.39, 0.29) is 5.56 Å². The second-order valence-corrected chi connectivity index (χ2v) is 5.48. The monoisotopic (exact) mass is 384 g/mol. The molecule has 0 radical (unpaired) electrons. The fourth-order valence-corrected chi connectivity index (χ4v) is 2.47. The van der Waals surface area contributed by atoms with Crippen LogP contribution < -0.4 is 10.3 Å². The van der Waals surface area contributed by atoms with E-state index in [2.05, 4.69) is 16.9 Å². The van der Waals surface area contributed by atoms with Gasteiger partial charge in [-0.2, -0.15) is 0 Å². The van der Waals surface area contributed by atoms with E-state index in [0.717, 1.165) is 29.8 Å². The molecule has 0 unspecified atom stereocenters. The van der Waals surface area contributed by atoms with Crippen LogP contribution in [-0.4, -0.2) is 16.6 Å². The fourth-order valence-electron chi connectivity index (χ4n) is 1.83. The number of hydrogen-bond donors (Lipinski definition) is 1. The molecule has 1 aromatic carbocycles. The van der Waals surface area contributed by atoms with E-state index in [1.807, 2.05) is 53.8 Å². The van der Waals surface area contributed by atoms with Crippen LogP contribution in [0.4, 0.5) is 0 Å². The third kappa shape index (κ3) is 3.39. The third-order valence-electron chi connectivity index (χ3n) is 2.85. The van der Waals surface area contributed by atoms with E-state index in [1.54, 1.807) is 0 Å². The summed E-state index contributed by atoms with van der Waals surface area (Å²) in [5, 5.41) is 0. The zero-order valence-electron chi connectivity index (χ0n) is 11.6. The van der Waals surface area contributed by atoms with Crippen LogP contribution in [0.1, 0.15) is 26.0 Å². The van der Waals surface area contributed by atoms with Crippen molar-refractivity contribution >= 4 is 22.6 Å². The number of aromatic amines is 1. The van der Waals surface area contributed by atoms with E-state index >= 15 is 0 Å². The van der Waals surface area contributed by atoms with Crippen molar-refractivity contribution in [2.24, 2.45) is 0 Å². The summed E-state index contributed by atoms with van der Waals surface area (Å²) in [5.74, 6) is 1.39. The number of aromatic nitrogens is 2. The number of nitrogens with one attached hydrogen (secondary N) is 1. The van der Waals surface area contributed by atoms with Crippen molar-refractivity contribution in [2.75, 3.05) is 6.61 Å². The lowest BCUT2D eigenvalue weighted by Gasteiger charge is -2.08. The molecule has 2 aromatic rings. The first-order chi connectivity index (χ1) is 9.65. The van der Waals surface area contributed by atoms with Gasteiger partial charge in [0.05, 0.1) is 15.9 Å².